The van der Waals surface area contributed by atoms with Crippen molar-refractivity contribution in [1.82, 2.24) is 15.5 Å². The summed E-state index contributed by atoms with van der Waals surface area (Å²) in [6, 6.07) is 11.4. The Morgan fingerprint density at radius 2 is 1.93 bits per heavy atom. The molecule has 27 heavy (non-hydrogen) atoms. The van der Waals surface area contributed by atoms with Crippen molar-refractivity contribution in [2.75, 3.05) is 33.2 Å². The second-order valence-corrected chi connectivity index (χ2v) is 7.51. The van der Waals surface area contributed by atoms with Crippen molar-refractivity contribution in [1.29, 1.82) is 0 Å². The van der Waals surface area contributed by atoms with E-state index in [0.29, 0.717) is 6.04 Å². The Labute approximate surface area is 182 Å². The number of benzene rings is 1. The van der Waals surface area contributed by atoms with Crippen LogP contribution in [0.3, 0.4) is 0 Å². The summed E-state index contributed by atoms with van der Waals surface area (Å²) >= 11 is 1.82. The summed E-state index contributed by atoms with van der Waals surface area (Å²) in [5.41, 5.74) is 1.11. The molecule has 2 aromatic rings. The minimum absolute atomic E-state index is 0. The van der Waals surface area contributed by atoms with E-state index >= 15 is 0 Å². The summed E-state index contributed by atoms with van der Waals surface area (Å²) in [7, 11) is 1.79. The molecule has 0 bridgehead atoms. The van der Waals surface area contributed by atoms with Gasteiger partial charge in [0.1, 0.15) is 5.82 Å². The third-order valence-electron chi connectivity index (χ3n) is 4.76. The average molecular weight is 502 g/mol. The molecule has 0 radical (unpaired) electrons. The SMILES string of the molecule is CN=C(NCCc1ccc(F)cc1)NCC(c1cccs1)N1CCCC1.I. The number of aliphatic imine (C=N–C) groups is 1. The summed E-state index contributed by atoms with van der Waals surface area (Å²) in [6.45, 7) is 3.94. The van der Waals surface area contributed by atoms with E-state index in [9.17, 15) is 4.39 Å². The largest absolute Gasteiger partial charge is 0.356 e. The first-order valence-electron chi connectivity index (χ1n) is 9.22. The molecule has 4 nitrogen and oxygen atoms in total. The van der Waals surface area contributed by atoms with Gasteiger partial charge in [0.05, 0.1) is 6.04 Å². The Morgan fingerprint density at radius 1 is 1.19 bits per heavy atom. The maximum Gasteiger partial charge on any atom is 0.191 e. The van der Waals surface area contributed by atoms with Gasteiger partial charge >= 0.3 is 0 Å². The molecule has 0 aliphatic carbocycles. The Balaban J connectivity index is 0.00000261. The molecule has 1 aromatic heterocycles. The first-order chi connectivity index (χ1) is 12.8. The van der Waals surface area contributed by atoms with Crippen molar-refractivity contribution >= 4 is 41.3 Å². The summed E-state index contributed by atoms with van der Waals surface area (Å²) < 4.78 is 13.0. The fourth-order valence-corrected chi connectivity index (χ4v) is 4.19. The third kappa shape index (κ3) is 6.73. The normalized spacial score (nSPS) is 16.0. The molecular weight excluding hydrogens is 474 g/mol. The van der Waals surface area contributed by atoms with E-state index < -0.39 is 0 Å². The zero-order chi connectivity index (χ0) is 18.2. The minimum Gasteiger partial charge on any atom is -0.356 e. The molecule has 1 unspecified atom stereocenters. The van der Waals surface area contributed by atoms with E-state index in [1.54, 1.807) is 7.05 Å². The summed E-state index contributed by atoms with van der Waals surface area (Å²) in [4.78, 5) is 8.30. The Morgan fingerprint density at radius 3 is 2.56 bits per heavy atom. The maximum absolute atomic E-state index is 13.0. The van der Waals surface area contributed by atoms with Gasteiger partial charge in [0.25, 0.3) is 0 Å². The molecular formula is C20H28FIN4S. The molecule has 0 amide bonds. The summed E-state index contributed by atoms with van der Waals surface area (Å²) in [6.07, 6.45) is 3.40. The number of nitrogens with zero attached hydrogens (tertiary/aromatic N) is 2. The average Bonchev–Trinajstić information content (AvgIpc) is 3.36. The van der Waals surface area contributed by atoms with Gasteiger partial charge in [0, 0.05) is 25.0 Å². The highest BCUT2D eigenvalue weighted by atomic mass is 127. The smallest absolute Gasteiger partial charge is 0.191 e. The molecule has 1 atom stereocenters. The molecule has 2 N–H and O–H groups in total. The minimum atomic E-state index is -0.194. The molecule has 7 heteroatoms. The van der Waals surface area contributed by atoms with Crippen molar-refractivity contribution < 1.29 is 4.39 Å². The quantitative estimate of drug-likeness (QED) is 0.341. The van der Waals surface area contributed by atoms with Crippen LogP contribution >= 0.6 is 35.3 Å². The highest BCUT2D eigenvalue weighted by molar-refractivity contribution is 14.0. The van der Waals surface area contributed by atoms with Crippen molar-refractivity contribution in [3.63, 3.8) is 0 Å². The van der Waals surface area contributed by atoms with Crippen molar-refractivity contribution in [3.8, 4) is 0 Å². The van der Waals surface area contributed by atoms with Gasteiger partial charge in [-0.15, -0.1) is 35.3 Å². The molecule has 0 saturated carbocycles. The van der Waals surface area contributed by atoms with Gasteiger partial charge in [-0.25, -0.2) is 4.39 Å². The topological polar surface area (TPSA) is 39.7 Å². The molecule has 2 heterocycles. The molecule has 1 aliphatic heterocycles. The van der Waals surface area contributed by atoms with Crippen LogP contribution in [0, 0.1) is 5.82 Å². The lowest BCUT2D eigenvalue weighted by molar-refractivity contribution is 0.249. The van der Waals surface area contributed by atoms with Gasteiger partial charge in [-0.1, -0.05) is 18.2 Å². The van der Waals surface area contributed by atoms with Crippen LogP contribution in [0.5, 0.6) is 0 Å². The zero-order valence-electron chi connectivity index (χ0n) is 15.7. The van der Waals surface area contributed by atoms with Crippen molar-refractivity contribution in [3.05, 3.63) is 58.0 Å². The standard InChI is InChI=1S/C20H27FN4S.HI/c1-22-20(23-11-10-16-6-8-17(21)9-7-16)24-15-18(19-5-4-14-26-19)25-12-2-3-13-25;/h4-9,14,18H,2-3,10-13,15H2,1H3,(H2,22,23,24);1H. The summed E-state index contributed by atoms with van der Waals surface area (Å²) in [5, 5.41) is 8.97. The Hall–Kier alpha value is -1.19. The number of rotatable bonds is 7. The number of hydrogen-bond donors (Lipinski definition) is 2. The van der Waals surface area contributed by atoms with Gasteiger partial charge in [0.2, 0.25) is 0 Å². The zero-order valence-corrected chi connectivity index (χ0v) is 18.8. The predicted octanol–water partition coefficient (Wildman–Crippen LogP) is 4.05. The highest BCUT2D eigenvalue weighted by Crippen LogP contribution is 2.27. The number of halogens is 2. The number of thiophene rings is 1. The van der Waals surface area contributed by atoms with Crippen molar-refractivity contribution in [2.45, 2.75) is 25.3 Å². The Kier molecular flexibility index (Phi) is 9.50. The van der Waals surface area contributed by atoms with Gasteiger partial charge in [-0.2, -0.15) is 0 Å². The number of likely N-dealkylation sites (tertiary alicyclic amines) is 1. The molecule has 1 saturated heterocycles. The van der Waals surface area contributed by atoms with Crippen LogP contribution in [-0.2, 0) is 6.42 Å². The molecule has 1 aromatic carbocycles. The van der Waals surface area contributed by atoms with E-state index in [2.05, 4.69) is 38.0 Å². The third-order valence-corrected chi connectivity index (χ3v) is 5.73. The molecule has 1 fully saturated rings. The fourth-order valence-electron chi connectivity index (χ4n) is 3.33. The van der Waals surface area contributed by atoms with Crippen LogP contribution in [0.2, 0.25) is 0 Å². The molecule has 1 aliphatic rings. The fraction of sp³-hybridized carbons (Fsp3) is 0.450. The number of nitrogens with one attached hydrogen (secondary N) is 2. The van der Waals surface area contributed by atoms with Crippen LogP contribution in [-0.4, -0.2) is 44.1 Å². The Bertz CT molecular complexity index is 685. The van der Waals surface area contributed by atoms with E-state index in [4.69, 9.17) is 0 Å². The number of guanidine groups is 1. The van der Waals surface area contributed by atoms with Gasteiger partial charge in [-0.3, -0.25) is 9.89 Å². The molecule has 0 spiro atoms. The lowest BCUT2D eigenvalue weighted by Gasteiger charge is -2.27. The van der Waals surface area contributed by atoms with Crippen LogP contribution in [0.4, 0.5) is 4.39 Å². The second kappa shape index (κ2) is 11.6. The van der Waals surface area contributed by atoms with Crippen LogP contribution in [0.1, 0.15) is 29.3 Å². The van der Waals surface area contributed by atoms with Crippen molar-refractivity contribution in [2.24, 2.45) is 4.99 Å². The number of hydrogen-bond acceptors (Lipinski definition) is 3. The first kappa shape index (κ1) is 22.1. The molecule has 148 valence electrons. The monoisotopic (exact) mass is 502 g/mol. The van der Waals surface area contributed by atoms with Crippen LogP contribution < -0.4 is 10.6 Å². The van der Waals surface area contributed by atoms with Gasteiger partial charge in [0.15, 0.2) is 5.96 Å². The van der Waals surface area contributed by atoms with Crippen LogP contribution in [0.25, 0.3) is 0 Å². The lowest BCUT2D eigenvalue weighted by atomic mass is 10.1. The first-order valence-corrected chi connectivity index (χ1v) is 10.1. The maximum atomic E-state index is 13.0. The second-order valence-electron chi connectivity index (χ2n) is 6.53. The van der Waals surface area contributed by atoms with E-state index in [0.717, 1.165) is 31.0 Å². The predicted molar refractivity (Wildman–Crippen MR) is 123 cm³/mol. The van der Waals surface area contributed by atoms with Crippen LogP contribution in [0.15, 0.2) is 46.8 Å². The van der Waals surface area contributed by atoms with Gasteiger partial charge < -0.3 is 10.6 Å². The van der Waals surface area contributed by atoms with Gasteiger partial charge in [-0.05, 0) is 61.5 Å². The molecule has 3 rings (SSSR count). The van der Waals surface area contributed by atoms with E-state index in [1.165, 1.54) is 42.9 Å². The summed E-state index contributed by atoms with van der Waals surface area (Å²) in [5.74, 6) is 0.619. The van der Waals surface area contributed by atoms with E-state index in [-0.39, 0.29) is 29.8 Å². The lowest BCUT2D eigenvalue weighted by Crippen LogP contribution is -2.43. The van der Waals surface area contributed by atoms with E-state index in [1.807, 2.05) is 23.5 Å². The highest BCUT2D eigenvalue weighted by Gasteiger charge is 2.24.